The monoisotopic (exact) mass is 380 g/mol. The first-order valence-electron chi connectivity index (χ1n) is 8.18. The van der Waals surface area contributed by atoms with Crippen LogP contribution in [-0.4, -0.2) is 34.7 Å². The molecule has 4 rings (SSSR count). The maximum absolute atomic E-state index is 12.4. The Morgan fingerprint density at radius 2 is 2.04 bits per heavy atom. The van der Waals surface area contributed by atoms with Crippen LogP contribution in [0.4, 0.5) is 0 Å². The van der Waals surface area contributed by atoms with E-state index in [0.717, 1.165) is 17.3 Å². The molecule has 0 aliphatic carbocycles. The summed E-state index contributed by atoms with van der Waals surface area (Å²) < 4.78 is 24.7. The number of aromatic amines is 2. The molecule has 0 radical (unpaired) electrons. The molecule has 0 spiro atoms. The van der Waals surface area contributed by atoms with Crippen molar-refractivity contribution in [3.63, 3.8) is 0 Å². The molecule has 7 nitrogen and oxygen atoms in total. The first-order chi connectivity index (χ1) is 12.8. The number of nitrogens with zero attached hydrogens (tertiary/aromatic N) is 2. The van der Waals surface area contributed by atoms with Crippen LogP contribution < -0.4 is 0 Å². The van der Waals surface area contributed by atoms with E-state index in [0.29, 0.717) is 22.0 Å². The van der Waals surface area contributed by atoms with Gasteiger partial charge in [-0.15, -0.1) is 0 Å². The zero-order chi connectivity index (χ0) is 19.3. The van der Waals surface area contributed by atoms with Crippen molar-refractivity contribution in [1.82, 2.24) is 15.0 Å². The van der Waals surface area contributed by atoms with E-state index in [1.165, 1.54) is 0 Å². The third kappa shape index (κ3) is 2.77. The Bertz CT molecular complexity index is 1340. The fraction of sp³-hybridized carbons (Fsp3) is 0.158. The molecule has 4 aromatic rings. The zero-order valence-electron chi connectivity index (χ0n) is 14.6. The van der Waals surface area contributed by atoms with Crippen molar-refractivity contribution in [2.24, 2.45) is 0 Å². The van der Waals surface area contributed by atoms with E-state index in [1.807, 2.05) is 13.0 Å². The summed E-state index contributed by atoms with van der Waals surface area (Å²) in [6, 6.07) is 10.3. The van der Waals surface area contributed by atoms with Crippen LogP contribution >= 0.6 is 0 Å². The van der Waals surface area contributed by atoms with E-state index >= 15 is 0 Å². The molecule has 0 saturated heterocycles. The van der Waals surface area contributed by atoms with E-state index in [9.17, 15) is 13.5 Å². The summed E-state index contributed by atoms with van der Waals surface area (Å²) in [5.41, 5.74) is 3.45. The first kappa shape index (κ1) is 17.3. The maximum Gasteiger partial charge on any atom is 0.175 e. The number of benzene rings is 2. The van der Waals surface area contributed by atoms with Gasteiger partial charge in [0, 0.05) is 28.9 Å². The second-order valence-electron chi connectivity index (χ2n) is 6.51. The fourth-order valence-electron chi connectivity index (χ4n) is 3.35. The SMILES string of the molecule is Cc1cc(S(C)(=O)=O)c(C(O)c2nc3cc(C#N)ccc3[nH]2)c2cc[nH]c12. The number of aromatic nitrogens is 3. The highest BCUT2D eigenvalue weighted by atomic mass is 32.2. The number of rotatable bonds is 3. The summed E-state index contributed by atoms with van der Waals surface area (Å²) in [5.74, 6) is 0.219. The van der Waals surface area contributed by atoms with Crippen LogP contribution in [0, 0.1) is 18.3 Å². The summed E-state index contributed by atoms with van der Waals surface area (Å²) in [7, 11) is -3.58. The van der Waals surface area contributed by atoms with Crippen LogP contribution in [0.25, 0.3) is 21.9 Å². The number of imidazole rings is 1. The summed E-state index contributed by atoms with van der Waals surface area (Å²) >= 11 is 0. The molecule has 0 aliphatic heterocycles. The number of aliphatic hydroxyl groups excluding tert-OH is 1. The quantitative estimate of drug-likeness (QED) is 0.504. The van der Waals surface area contributed by atoms with Gasteiger partial charge in [-0.25, -0.2) is 13.4 Å². The van der Waals surface area contributed by atoms with Crippen molar-refractivity contribution < 1.29 is 13.5 Å². The number of nitrogens with one attached hydrogen (secondary N) is 2. The Balaban J connectivity index is 1.98. The van der Waals surface area contributed by atoms with Crippen LogP contribution in [0.5, 0.6) is 0 Å². The lowest BCUT2D eigenvalue weighted by Gasteiger charge is -2.16. The van der Waals surface area contributed by atoms with Crippen LogP contribution in [0.15, 0.2) is 41.4 Å². The van der Waals surface area contributed by atoms with E-state index in [4.69, 9.17) is 5.26 Å². The molecule has 27 heavy (non-hydrogen) atoms. The minimum Gasteiger partial charge on any atom is -0.380 e. The average Bonchev–Trinajstić information content (AvgIpc) is 3.26. The third-order valence-electron chi connectivity index (χ3n) is 4.61. The summed E-state index contributed by atoms with van der Waals surface area (Å²) in [4.78, 5) is 10.5. The Kier molecular flexibility index (Phi) is 3.80. The second kappa shape index (κ2) is 5.94. The van der Waals surface area contributed by atoms with Gasteiger partial charge in [-0.1, -0.05) is 0 Å². The van der Waals surface area contributed by atoms with Gasteiger partial charge in [-0.05, 0) is 42.8 Å². The molecule has 2 heterocycles. The van der Waals surface area contributed by atoms with E-state index < -0.39 is 15.9 Å². The highest BCUT2D eigenvalue weighted by Gasteiger charge is 2.26. The Morgan fingerprint density at radius 1 is 1.26 bits per heavy atom. The number of fused-ring (bicyclic) bond motifs is 2. The number of nitriles is 1. The number of sulfone groups is 1. The van der Waals surface area contributed by atoms with Crippen LogP contribution in [-0.2, 0) is 9.84 Å². The Morgan fingerprint density at radius 3 is 2.74 bits per heavy atom. The topological polar surface area (TPSA) is 123 Å². The Labute approximate surface area is 155 Å². The van der Waals surface area contributed by atoms with Crippen molar-refractivity contribution in [2.45, 2.75) is 17.9 Å². The van der Waals surface area contributed by atoms with Crippen molar-refractivity contribution >= 4 is 31.8 Å². The van der Waals surface area contributed by atoms with Crippen LogP contribution in [0.2, 0.25) is 0 Å². The summed E-state index contributed by atoms with van der Waals surface area (Å²) in [6.07, 6.45) is 1.55. The van der Waals surface area contributed by atoms with Gasteiger partial charge in [0.15, 0.2) is 9.84 Å². The van der Waals surface area contributed by atoms with Gasteiger partial charge in [0.2, 0.25) is 0 Å². The molecule has 0 aliphatic rings. The van der Waals surface area contributed by atoms with Crippen LogP contribution in [0.1, 0.15) is 28.6 Å². The molecule has 2 aromatic heterocycles. The largest absolute Gasteiger partial charge is 0.380 e. The number of aryl methyl sites for hydroxylation is 1. The van der Waals surface area contributed by atoms with Crippen molar-refractivity contribution in [1.29, 1.82) is 5.26 Å². The van der Waals surface area contributed by atoms with Gasteiger partial charge < -0.3 is 15.1 Å². The van der Waals surface area contributed by atoms with E-state index in [-0.39, 0.29) is 16.3 Å². The van der Waals surface area contributed by atoms with E-state index in [2.05, 4.69) is 15.0 Å². The number of hydrogen-bond acceptors (Lipinski definition) is 5. The standard InChI is InChI=1S/C19H16N4O3S/c1-10-7-15(27(2,25)26)16(12-5-6-21-17(10)12)18(24)19-22-13-4-3-11(9-20)8-14(13)23-19/h3-8,18,21,24H,1-2H3,(H,22,23). The molecular formula is C19H16N4O3S. The van der Waals surface area contributed by atoms with E-state index in [1.54, 1.807) is 36.5 Å². The smallest absolute Gasteiger partial charge is 0.175 e. The predicted octanol–water partition coefficient (Wildman–Crippen LogP) is 2.71. The third-order valence-corrected chi connectivity index (χ3v) is 5.74. The first-order valence-corrected chi connectivity index (χ1v) is 10.1. The van der Waals surface area contributed by atoms with Crippen molar-refractivity contribution in [2.75, 3.05) is 6.26 Å². The maximum atomic E-state index is 12.4. The minimum atomic E-state index is -3.58. The molecule has 0 amide bonds. The van der Waals surface area contributed by atoms with Gasteiger partial charge >= 0.3 is 0 Å². The molecule has 8 heteroatoms. The molecule has 2 aromatic carbocycles. The lowest BCUT2D eigenvalue weighted by molar-refractivity contribution is 0.210. The second-order valence-corrected chi connectivity index (χ2v) is 8.50. The molecule has 0 saturated carbocycles. The average molecular weight is 380 g/mol. The normalized spacial score (nSPS) is 13.1. The van der Waals surface area contributed by atoms with Crippen molar-refractivity contribution in [3.8, 4) is 6.07 Å². The predicted molar refractivity (Wildman–Crippen MR) is 101 cm³/mol. The molecule has 3 N–H and O–H groups in total. The van der Waals surface area contributed by atoms with Gasteiger partial charge in [0.25, 0.3) is 0 Å². The minimum absolute atomic E-state index is 0.0674. The highest BCUT2D eigenvalue weighted by molar-refractivity contribution is 7.90. The van der Waals surface area contributed by atoms with Crippen molar-refractivity contribution in [3.05, 3.63) is 59.0 Å². The molecular weight excluding hydrogens is 364 g/mol. The molecule has 136 valence electrons. The number of hydrogen-bond donors (Lipinski definition) is 3. The summed E-state index contributed by atoms with van der Waals surface area (Å²) in [6.45, 7) is 1.81. The lowest BCUT2D eigenvalue weighted by Crippen LogP contribution is -2.10. The van der Waals surface area contributed by atoms with Gasteiger partial charge in [0.05, 0.1) is 27.6 Å². The molecule has 0 bridgehead atoms. The highest BCUT2D eigenvalue weighted by Crippen LogP contribution is 2.35. The molecule has 1 unspecified atom stereocenters. The van der Waals surface area contributed by atoms with Gasteiger partial charge in [-0.2, -0.15) is 5.26 Å². The van der Waals surface area contributed by atoms with Gasteiger partial charge in [0.1, 0.15) is 11.9 Å². The number of aliphatic hydroxyl groups is 1. The molecule has 0 fully saturated rings. The van der Waals surface area contributed by atoms with Crippen LogP contribution in [0.3, 0.4) is 0 Å². The molecule has 1 atom stereocenters. The zero-order valence-corrected chi connectivity index (χ0v) is 15.4. The lowest BCUT2D eigenvalue weighted by atomic mass is 10.0. The summed E-state index contributed by atoms with van der Waals surface area (Å²) in [5, 5.41) is 20.7. The number of H-pyrrole nitrogens is 2. The van der Waals surface area contributed by atoms with Gasteiger partial charge in [-0.3, -0.25) is 0 Å². The Hall–Kier alpha value is -3.15. The fourth-order valence-corrected chi connectivity index (χ4v) is 4.36.